The Morgan fingerprint density at radius 2 is 2.00 bits per heavy atom. The van der Waals surface area contributed by atoms with Crippen LogP contribution in [0.2, 0.25) is 0 Å². The predicted molar refractivity (Wildman–Crippen MR) is 68.6 cm³/mol. The number of hydrogen-bond donors (Lipinski definition) is 2. The zero-order chi connectivity index (χ0) is 11.9. The molecule has 1 saturated carbocycles. The van der Waals surface area contributed by atoms with Crippen molar-refractivity contribution in [3.05, 3.63) is 42.1 Å². The summed E-state index contributed by atoms with van der Waals surface area (Å²) in [6.07, 6.45) is 4.28. The highest BCUT2D eigenvalue weighted by Crippen LogP contribution is 2.52. The van der Waals surface area contributed by atoms with Gasteiger partial charge in [0.05, 0.1) is 11.9 Å². The van der Waals surface area contributed by atoms with E-state index in [1.54, 1.807) is 0 Å². The average Bonchev–Trinajstić information content (AvgIpc) is 3.02. The van der Waals surface area contributed by atoms with E-state index in [0.29, 0.717) is 0 Å². The molecule has 1 aromatic carbocycles. The van der Waals surface area contributed by atoms with Crippen LogP contribution in [0, 0.1) is 0 Å². The number of aromatic nitrogens is 2. The zero-order valence-corrected chi connectivity index (χ0v) is 9.98. The van der Waals surface area contributed by atoms with Crippen LogP contribution in [0.4, 0.5) is 0 Å². The predicted octanol–water partition coefficient (Wildman–Crippen LogP) is 2.46. The molecule has 1 aliphatic carbocycles. The standard InChI is InChI=1S/C14H17N3/c1-10(15)14(7-8-14)12-9-16-17-13(12)11-5-3-2-4-6-11/h2-6,9-10H,7-8,15H2,1H3,(H,16,17). The third kappa shape index (κ3) is 1.58. The van der Waals surface area contributed by atoms with Crippen LogP contribution in [-0.2, 0) is 5.41 Å². The third-order valence-corrected chi connectivity index (χ3v) is 3.90. The van der Waals surface area contributed by atoms with E-state index in [0.717, 1.165) is 5.69 Å². The first-order valence-electron chi connectivity index (χ1n) is 6.09. The molecule has 1 fully saturated rings. The second-order valence-electron chi connectivity index (χ2n) is 4.97. The van der Waals surface area contributed by atoms with E-state index in [-0.39, 0.29) is 11.5 Å². The van der Waals surface area contributed by atoms with Gasteiger partial charge in [-0.05, 0) is 25.3 Å². The van der Waals surface area contributed by atoms with Gasteiger partial charge in [-0.1, -0.05) is 30.3 Å². The smallest absolute Gasteiger partial charge is 0.0688 e. The van der Waals surface area contributed by atoms with Crippen LogP contribution >= 0.6 is 0 Å². The Hall–Kier alpha value is -1.61. The summed E-state index contributed by atoms with van der Waals surface area (Å²) in [6, 6.07) is 10.5. The van der Waals surface area contributed by atoms with E-state index in [9.17, 15) is 0 Å². The molecular formula is C14H17N3. The van der Waals surface area contributed by atoms with Crippen LogP contribution in [0.15, 0.2) is 36.5 Å². The maximum Gasteiger partial charge on any atom is 0.0688 e. The molecule has 3 rings (SSSR count). The molecule has 0 radical (unpaired) electrons. The molecule has 3 N–H and O–H groups in total. The van der Waals surface area contributed by atoms with Gasteiger partial charge in [0.15, 0.2) is 0 Å². The molecule has 0 saturated heterocycles. The van der Waals surface area contributed by atoms with Gasteiger partial charge in [-0.15, -0.1) is 0 Å². The highest BCUT2D eigenvalue weighted by atomic mass is 15.1. The lowest BCUT2D eigenvalue weighted by Crippen LogP contribution is -2.31. The van der Waals surface area contributed by atoms with Crippen LogP contribution in [0.3, 0.4) is 0 Å². The summed E-state index contributed by atoms with van der Waals surface area (Å²) in [6.45, 7) is 2.09. The minimum atomic E-state index is 0.151. The Kier molecular flexibility index (Phi) is 2.30. The van der Waals surface area contributed by atoms with Gasteiger partial charge in [0.2, 0.25) is 0 Å². The number of rotatable bonds is 3. The minimum Gasteiger partial charge on any atom is -0.327 e. The van der Waals surface area contributed by atoms with Gasteiger partial charge in [-0.2, -0.15) is 5.10 Å². The summed E-state index contributed by atoms with van der Waals surface area (Å²) in [5.74, 6) is 0. The number of aromatic amines is 1. The average molecular weight is 227 g/mol. The van der Waals surface area contributed by atoms with Crippen LogP contribution in [0.1, 0.15) is 25.3 Å². The van der Waals surface area contributed by atoms with E-state index < -0.39 is 0 Å². The molecule has 88 valence electrons. The van der Waals surface area contributed by atoms with Crippen molar-refractivity contribution < 1.29 is 0 Å². The van der Waals surface area contributed by atoms with E-state index in [1.165, 1.54) is 24.0 Å². The molecule has 0 spiro atoms. The molecule has 3 heteroatoms. The van der Waals surface area contributed by atoms with Crippen LogP contribution in [0.5, 0.6) is 0 Å². The van der Waals surface area contributed by atoms with Crippen LogP contribution in [0.25, 0.3) is 11.3 Å². The monoisotopic (exact) mass is 227 g/mol. The summed E-state index contributed by atoms with van der Waals surface area (Å²) in [5, 5.41) is 7.32. The summed E-state index contributed by atoms with van der Waals surface area (Å²) in [4.78, 5) is 0. The van der Waals surface area contributed by atoms with E-state index >= 15 is 0 Å². The van der Waals surface area contributed by atoms with Gasteiger partial charge in [-0.3, -0.25) is 5.10 Å². The van der Waals surface area contributed by atoms with E-state index in [2.05, 4.69) is 29.3 Å². The molecule has 0 bridgehead atoms. The lowest BCUT2D eigenvalue weighted by Gasteiger charge is -2.19. The molecule has 1 unspecified atom stereocenters. The third-order valence-electron chi connectivity index (χ3n) is 3.90. The Labute approximate surface area is 101 Å². The van der Waals surface area contributed by atoms with Crippen molar-refractivity contribution in [3.8, 4) is 11.3 Å². The maximum atomic E-state index is 6.13. The Morgan fingerprint density at radius 1 is 1.29 bits per heavy atom. The van der Waals surface area contributed by atoms with Crippen molar-refractivity contribution in [2.75, 3.05) is 0 Å². The summed E-state index contributed by atoms with van der Waals surface area (Å²) in [5.41, 5.74) is 9.87. The molecule has 1 heterocycles. The quantitative estimate of drug-likeness (QED) is 0.846. The maximum absolute atomic E-state index is 6.13. The summed E-state index contributed by atoms with van der Waals surface area (Å²) < 4.78 is 0. The van der Waals surface area contributed by atoms with Crippen molar-refractivity contribution in [2.24, 2.45) is 5.73 Å². The first kappa shape index (κ1) is 10.5. The van der Waals surface area contributed by atoms with E-state index in [1.807, 2.05) is 24.4 Å². The second kappa shape index (κ2) is 3.70. The van der Waals surface area contributed by atoms with Gasteiger partial charge in [0, 0.05) is 17.0 Å². The number of nitrogens with two attached hydrogens (primary N) is 1. The van der Waals surface area contributed by atoms with Gasteiger partial charge >= 0.3 is 0 Å². The van der Waals surface area contributed by atoms with Gasteiger partial charge in [-0.25, -0.2) is 0 Å². The molecule has 17 heavy (non-hydrogen) atoms. The second-order valence-corrected chi connectivity index (χ2v) is 4.97. The fourth-order valence-electron chi connectivity index (χ4n) is 2.59. The van der Waals surface area contributed by atoms with Gasteiger partial charge < -0.3 is 5.73 Å². The first-order valence-corrected chi connectivity index (χ1v) is 6.09. The van der Waals surface area contributed by atoms with Crippen molar-refractivity contribution in [3.63, 3.8) is 0 Å². The fraction of sp³-hybridized carbons (Fsp3) is 0.357. The number of nitrogens with one attached hydrogen (secondary N) is 1. The van der Waals surface area contributed by atoms with Gasteiger partial charge in [0.1, 0.15) is 0 Å². The Morgan fingerprint density at radius 3 is 2.59 bits per heavy atom. The summed E-state index contributed by atoms with van der Waals surface area (Å²) >= 11 is 0. The molecular weight excluding hydrogens is 210 g/mol. The van der Waals surface area contributed by atoms with E-state index in [4.69, 9.17) is 5.73 Å². The SMILES string of the molecule is CC(N)C1(c2cn[nH]c2-c2ccccc2)CC1. The van der Waals surface area contributed by atoms with Crippen molar-refractivity contribution in [1.29, 1.82) is 0 Å². The molecule has 0 aliphatic heterocycles. The molecule has 1 atom stereocenters. The molecule has 3 nitrogen and oxygen atoms in total. The van der Waals surface area contributed by atoms with Gasteiger partial charge in [0.25, 0.3) is 0 Å². The Bertz CT molecular complexity index is 509. The van der Waals surface area contributed by atoms with Crippen LogP contribution < -0.4 is 5.73 Å². The zero-order valence-electron chi connectivity index (χ0n) is 9.98. The molecule has 0 amide bonds. The topological polar surface area (TPSA) is 54.7 Å². The highest BCUT2D eigenvalue weighted by molar-refractivity contribution is 5.65. The number of hydrogen-bond acceptors (Lipinski definition) is 2. The highest BCUT2D eigenvalue weighted by Gasteiger charge is 2.49. The van der Waals surface area contributed by atoms with Crippen molar-refractivity contribution >= 4 is 0 Å². The fourth-order valence-corrected chi connectivity index (χ4v) is 2.59. The summed E-state index contributed by atoms with van der Waals surface area (Å²) in [7, 11) is 0. The number of nitrogens with zero attached hydrogens (tertiary/aromatic N) is 1. The normalized spacial score (nSPS) is 18.9. The number of H-pyrrole nitrogens is 1. The number of benzene rings is 1. The largest absolute Gasteiger partial charge is 0.327 e. The minimum absolute atomic E-state index is 0.151. The van der Waals surface area contributed by atoms with Crippen molar-refractivity contribution in [2.45, 2.75) is 31.2 Å². The molecule has 1 aromatic heterocycles. The lowest BCUT2D eigenvalue weighted by atomic mass is 9.88. The first-order chi connectivity index (χ1) is 8.24. The Balaban J connectivity index is 2.07. The lowest BCUT2D eigenvalue weighted by molar-refractivity contribution is 0.558. The molecule has 2 aromatic rings. The molecule has 1 aliphatic rings. The van der Waals surface area contributed by atoms with Crippen molar-refractivity contribution in [1.82, 2.24) is 10.2 Å². The van der Waals surface area contributed by atoms with Crippen LogP contribution in [-0.4, -0.2) is 16.2 Å².